The lowest BCUT2D eigenvalue weighted by molar-refractivity contribution is -0.142. The number of carbonyl (C=O) groups excluding carboxylic acids is 1. The van der Waals surface area contributed by atoms with E-state index >= 15 is 0 Å². The van der Waals surface area contributed by atoms with Gasteiger partial charge in [-0.2, -0.15) is 5.10 Å². The van der Waals surface area contributed by atoms with Crippen molar-refractivity contribution in [1.82, 2.24) is 20.0 Å². The number of hydrogen-bond acceptors (Lipinski definition) is 4. The van der Waals surface area contributed by atoms with Gasteiger partial charge in [-0.1, -0.05) is 0 Å². The highest BCUT2D eigenvalue weighted by molar-refractivity contribution is 5.85. The summed E-state index contributed by atoms with van der Waals surface area (Å²) in [5.41, 5.74) is -0.284. The smallest absolute Gasteiger partial charge is 0.250 e. The predicted molar refractivity (Wildman–Crippen MR) is 88.6 cm³/mol. The summed E-state index contributed by atoms with van der Waals surface area (Å²) in [6, 6.07) is 1.91. The Morgan fingerprint density at radius 3 is 2.70 bits per heavy atom. The molecule has 1 amide bonds. The van der Waals surface area contributed by atoms with Gasteiger partial charge in [-0.05, 0) is 44.8 Å². The van der Waals surface area contributed by atoms with Crippen LogP contribution in [0.3, 0.4) is 0 Å². The second kappa shape index (κ2) is 6.42. The van der Waals surface area contributed by atoms with Gasteiger partial charge < -0.3 is 15.0 Å². The van der Waals surface area contributed by atoms with Crippen LogP contribution in [0, 0.1) is 5.41 Å². The number of carbonyl (C=O) groups is 1. The summed E-state index contributed by atoms with van der Waals surface area (Å²) < 4.78 is 7.48. The van der Waals surface area contributed by atoms with Crippen LogP contribution in [-0.2, 0) is 15.1 Å². The van der Waals surface area contributed by atoms with E-state index in [1.165, 1.54) is 0 Å². The van der Waals surface area contributed by atoms with E-state index < -0.39 is 5.54 Å². The van der Waals surface area contributed by atoms with Crippen molar-refractivity contribution >= 4 is 18.3 Å². The number of nitrogens with one attached hydrogen (secondary N) is 1. The van der Waals surface area contributed by atoms with E-state index in [0.29, 0.717) is 0 Å². The summed E-state index contributed by atoms with van der Waals surface area (Å²) in [4.78, 5) is 15.4. The molecule has 1 unspecified atom stereocenters. The second-order valence-electron chi connectivity index (χ2n) is 7.01. The number of ether oxygens (including phenoxy) is 1. The zero-order valence-electron chi connectivity index (χ0n) is 13.4. The minimum atomic E-state index is -0.500. The molecule has 1 N–H and O–H groups in total. The normalized spacial score (nSPS) is 29.7. The maximum absolute atomic E-state index is 13.4. The number of aromatic nitrogens is 2. The van der Waals surface area contributed by atoms with Gasteiger partial charge in [0.15, 0.2) is 0 Å². The third-order valence-electron chi connectivity index (χ3n) is 5.68. The third kappa shape index (κ3) is 2.77. The number of piperidine rings is 1. The number of nitrogens with zero attached hydrogens (tertiary/aromatic N) is 3. The number of halogens is 1. The Bertz CT molecular complexity index is 536. The Balaban J connectivity index is 0.00000156. The van der Waals surface area contributed by atoms with E-state index in [1.54, 1.807) is 6.20 Å². The molecule has 0 radical (unpaired) electrons. The van der Waals surface area contributed by atoms with E-state index in [1.807, 2.05) is 16.9 Å². The van der Waals surface area contributed by atoms with Crippen molar-refractivity contribution in [2.75, 3.05) is 39.4 Å². The molecule has 3 fully saturated rings. The molecule has 1 aromatic rings. The summed E-state index contributed by atoms with van der Waals surface area (Å²) in [7, 11) is 0. The maximum atomic E-state index is 13.4. The third-order valence-corrected chi connectivity index (χ3v) is 5.68. The number of amides is 1. The number of hydrogen-bond donors (Lipinski definition) is 1. The standard InChI is InChI=1S/C16H24N4O2.ClH/c21-14(19-10-4-15(12-19)5-11-22-13-15)16(2-7-17-8-3-16)20-9-1-6-18-20;/h1,6,9,17H,2-5,7-8,10-13H2;1H. The first-order valence-electron chi connectivity index (χ1n) is 8.32. The van der Waals surface area contributed by atoms with Gasteiger partial charge in [0, 0.05) is 37.5 Å². The summed E-state index contributed by atoms with van der Waals surface area (Å²) in [5, 5.41) is 7.77. The van der Waals surface area contributed by atoms with Gasteiger partial charge in [-0.3, -0.25) is 9.48 Å². The van der Waals surface area contributed by atoms with Crippen molar-refractivity contribution in [2.24, 2.45) is 5.41 Å². The quantitative estimate of drug-likeness (QED) is 0.873. The van der Waals surface area contributed by atoms with Crippen molar-refractivity contribution in [3.05, 3.63) is 18.5 Å². The van der Waals surface area contributed by atoms with Gasteiger partial charge >= 0.3 is 0 Å². The van der Waals surface area contributed by atoms with Gasteiger partial charge in [0.05, 0.1) is 6.61 Å². The molecule has 0 bridgehead atoms. The van der Waals surface area contributed by atoms with Crippen LogP contribution in [0.2, 0.25) is 0 Å². The summed E-state index contributed by atoms with van der Waals surface area (Å²) in [6.07, 6.45) is 7.50. The molecule has 7 heteroatoms. The van der Waals surface area contributed by atoms with E-state index in [4.69, 9.17) is 4.74 Å². The van der Waals surface area contributed by atoms with E-state index in [2.05, 4.69) is 15.3 Å². The first-order valence-corrected chi connectivity index (χ1v) is 8.32. The number of likely N-dealkylation sites (tertiary alicyclic amines) is 1. The van der Waals surface area contributed by atoms with Gasteiger partial charge in [0.2, 0.25) is 0 Å². The number of rotatable bonds is 2. The summed E-state index contributed by atoms with van der Waals surface area (Å²) in [6.45, 7) is 5.10. The molecule has 0 aromatic carbocycles. The zero-order valence-corrected chi connectivity index (χ0v) is 14.2. The van der Waals surface area contributed by atoms with E-state index in [-0.39, 0.29) is 23.7 Å². The van der Waals surface area contributed by atoms with Crippen LogP contribution < -0.4 is 5.32 Å². The summed E-state index contributed by atoms with van der Waals surface area (Å²) >= 11 is 0. The van der Waals surface area contributed by atoms with Crippen LogP contribution in [0.5, 0.6) is 0 Å². The minimum absolute atomic E-state index is 0. The highest BCUT2D eigenvalue weighted by Gasteiger charge is 2.49. The largest absolute Gasteiger partial charge is 0.381 e. The molecular formula is C16H25ClN4O2. The molecule has 0 aliphatic carbocycles. The fraction of sp³-hybridized carbons (Fsp3) is 0.750. The first-order chi connectivity index (χ1) is 10.7. The predicted octanol–water partition coefficient (Wildman–Crippen LogP) is 1.02. The van der Waals surface area contributed by atoms with Crippen molar-refractivity contribution in [2.45, 2.75) is 31.2 Å². The first kappa shape index (κ1) is 16.7. The molecule has 4 rings (SSSR count). The average Bonchev–Trinajstić information content (AvgIpc) is 3.30. The van der Waals surface area contributed by atoms with Crippen molar-refractivity contribution in [3.63, 3.8) is 0 Å². The molecule has 1 aromatic heterocycles. The Labute approximate surface area is 143 Å². The highest BCUT2D eigenvalue weighted by Crippen LogP contribution is 2.40. The molecule has 1 spiro atoms. The topological polar surface area (TPSA) is 59.4 Å². The molecule has 23 heavy (non-hydrogen) atoms. The zero-order chi connectivity index (χ0) is 15.0. The lowest BCUT2D eigenvalue weighted by Crippen LogP contribution is -2.55. The molecule has 3 aliphatic rings. The van der Waals surface area contributed by atoms with E-state index in [0.717, 1.165) is 65.1 Å². The Morgan fingerprint density at radius 2 is 2.04 bits per heavy atom. The van der Waals surface area contributed by atoms with Crippen molar-refractivity contribution in [1.29, 1.82) is 0 Å². The molecule has 1 atom stereocenters. The molecule has 4 heterocycles. The van der Waals surface area contributed by atoms with Gasteiger partial charge in [0.25, 0.3) is 5.91 Å². The SMILES string of the molecule is Cl.O=C(N1CCC2(CCOC2)C1)C1(n2cccn2)CCNCC1. The van der Waals surface area contributed by atoms with Crippen LogP contribution in [0.15, 0.2) is 18.5 Å². The Kier molecular flexibility index (Phi) is 4.67. The van der Waals surface area contributed by atoms with Crippen molar-refractivity contribution in [3.8, 4) is 0 Å². The second-order valence-corrected chi connectivity index (χ2v) is 7.01. The average molecular weight is 341 g/mol. The van der Waals surface area contributed by atoms with Gasteiger partial charge in [0.1, 0.15) is 5.54 Å². The highest BCUT2D eigenvalue weighted by atomic mass is 35.5. The van der Waals surface area contributed by atoms with Gasteiger partial charge in [-0.25, -0.2) is 0 Å². The van der Waals surface area contributed by atoms with Crippen LogP contribution >= 0.6 is 12.4 Å². The lowest BCUT2D eigenvalue weighted by Gasteiger charge is -2.39. The van der Waals surface area contributed by atoms with Crippen molar-refractivity contribution < 1.29 is 9.53 Å². The fourth-order valence-corrected chi connectivity index (χ4v) is 4.28. The maximum Gasteiger partial charge on any atom is 0.250 e. The molecule has 128 valence electrons. The molecule has 6 nitrogen and oxygen atoms in total. The fourth-order valence-electron chi connectivity index (χ4n) is 4.28. The van der Waals surface area contributed by atoms with E-state index in [9.17, 15) is 4.79 Å². The molecule has 3 aliphatic heterocycles. The van der Waals surface area contributed by atoms with Crippen LogP contribution in [0.25, 0.3) is 0 Å². The minimum Gasteiger partial charge on any atom is -0.381 e. The summed E-state index contributed by atoms with van der Waals surface area (Å²) in [5.74, 6) is 0.251. The van der Waals surface area contributed by atoms with Crippen LogP contribution in [0.4, 0.5) is 0 Å². The molecule has 3 saturated heterocycles. The Morgan fingerprint density at radius 1 is 1.22 bits per heavy atom. The monoisotopic (exact) mass is 340 g/mol. The van der Waals surface area contributed by atoms with Gasteiger partial charge in [-0.15, -0.1) is 12.4 Å². The molecule has 0 saturated carbocycles. The lowest BCUT2D eigenvalue weighted by atomic mass is 9.85. The van der Waals surface area contributed by atoms with Crippen LogP contribution in [-0.4, -0.2) is 60.0 Å². The van der Waals surface area contributed by atoms with Crippen LogP contribution in [0.1, 0.15) is 25.7 Å². The Hall–Kier alpha value is -1.11. The molecular weight excluding hydrogens is 316 g/mol.